The lowest BCUT2D eigenvalue weighted by Gasteiger charge is -2.34. The molecule has 174 valence electrons. The molecule has 0 aromatic heterocycles. The minimum atomic E-state index is -3.42. The molecule has 0 bridgehead atoms. The van der Waals surface area contributed by atoms with E-state index in [1.54, 1.807) is 42.8 Å². The van der Waals surface area contributed by atoms with Crippen molar-refractivity contribution in [2.75, 3.05) is 40.4 Å². The van der Waals surface area contributed by atoms with Crippen molar-refractivity contribution in [3.63, 3.8) is 0 Å². The number of carboxylic acids is 2. The second-order valence-electron chi connectivity index (χ2n) is 6.78. The van der Waals surface area contributed by atoms with Crippen LogP contribution in [0.1, 0.15) is 5.56 Å². The molecule has 2 aromatic rings. The van der Waals surface area contributed by atoms with Crippen molar-refractivity contribution in [2.24, 2.45) is 0 Å². The molecule has 10 nitrogen and oxygen atoms in total. The van der Waals surface area contributed by atoms with Gasteiger partial charge < -0.3 is 19.7 Å². The molecule has 11 heteroatoms. The third kappa shape index (κ3) is 6.67. The van der Waals surface area contributed by atoms with Crippen LogP contribution in [0.15, 0.2) is 53.4 Å². The Labute approximate surface area is 186 Å². The van der Waals surface area contributed by atoms with Crippen molar-refractivity contribution in [3.05, 3.63) is 54.1 Å². The molecular weight excluding hydrogens is 440 g/mol. The first-order valence-electron chi connectivity index (χ1n) is 9.63. The molecule has 1 aliphatic heterocycles. The molecule has 0 spiro atoms. The lowest BCUT2D eigenvalue weighted by Crippen LogP contribution is -2.48. The smallest absolute Gasteiger partial charge is 0.414 e. The average Bonchev–Trinajstić information content (AvgIpc) is 2.80. The lowest BCUT2D eigenvalue weighted by molar-refractivity contribution is -0.159. The van der Waals surface area contributed by atoms with Crippen LogP contribution in [-0.2, 0) is 26.2 Å². The van der Waals surface area contributed by atoms with Gasteiger partial charge in [-0.2, -0.15) is 4.31 Å². The van der Waals surface area contributed by atoms with E-state index in [-0.39, 0.29) is 0 Å². The van der Waals surface area contributed by atoms with Gasteiger partial charge in [0.25, 0.3) is 0 Å². The van der Waals surface area contributed by atoms with Gasteiger partial charge in [0.2, 0.25) is 10.0 Å². The number of carboxylic acid groups (broad SMARTS) is 2. The van der Waals surface area contributed by atoms with Crippen molar-refractivity contribution in [1.29, 1.82) is 0 Å². The minimum absolute atomic E-state index is 0.350. The molecule has 3 rings (SSSR count). The Morgan fingerprint density at radius 1 is 0.906 bits per heavy atom. The number of hydrogen-bond donors (Lipinski definition) is 2. The van der Waals surface area contributed by atoms with Crippen LogP contribution in [0.25, 0.3) is 0 Å². The standard InChI is InChI=1S/C19H24N2O4S.C2H2O4/c1-24-17-8-9-19(25-2)16(14-17)15-20-10-12-21(13-11-20)26(22,23)18-6-4-3-5-7-18;3-1(4)2(5)6/h3-9,14H,10-13,15H2,1-2H3;(H,3,4)(H,5,6). The van der Waals surface area contributed by atoms with Gasteiger partial charge >= 0.3 is 11.9 Å². The lowest BCUT2D eigenvalue weighted by atomic mass is 10.1. The minimum Gasteiger partial charge on any atom is -0.497 e. The summed E-state index contributed by atoms with van der Waals surface area (Å²) in [6.45, 7) is 2.99. The van der Waals surface area contributed by atoms with Crippen molar-refractivity contribution >= 4 is 22.0 Å². The highest BCUT2D eigenvalue weighted by molar-refractivity contribution is 7.89. The van der Waals surface area contributed by atoms with E-state index >= 15 is 0 Å². The first-order chi connectivity index (χ1) is 15.2. The molecule has 1 fully saturated rings. The fraction of sp³-hybridized carbons (Fsp3) is 0.333. The Morgan fingerprint density at radius 2 is 1.50 bits per heavy atom. The number of rotatable bonds is 6. The van der Waals surface area contributed by atoms with Crippen molar-refractivity contribution in [3.8, 4) is 11.5 Å². The van der Waals surface area contributed by atoms with Gasteiger partial charge in [-0.15, -0.1) is 0 Å². The Balaban J connectivity index is 0.000000534. The quantitative estimate of drug-likeness (QED) is 0.605. The third-order valence-electron chi connectivity index (χ3n) is 4.78. The summed E-state index contributed by atoms with van der Waals surface area (Å²) in [7, 11) is -0.134. The molecule has 1 saturated heterocycles. The molecule has 0 saturated carbocycles. The van der Waals surface area contributed by atoms with E-state index < -0.39 is 22.0 Å². The van der Waals surface area contributed by atoms with Crippen molar-refractivity contribution in [2.45, 2.75) is 11.4 Å². The molecule has 1 heterocycles. The second-order valence-corrected chi connectivity index (χ2v) is 8.72. The summed E-state index contributed by atoms with van der Waals surface area (Å²) >= 11 is 0. The van der Waals surface area contributed by atoms with E-state index in [9.17, 15) is 8.42 Å². The van der Waals surface area contributed by atoms with Gasteiger partial charge in [0.1, 0.15) is 11.5 Å². The van der Waals surface area contributed by atoms with Gasteiger partial charge in [-0.1, -0.05) is 18.2 Å². The van der Waals surface area contributed by atoms with E-state index in [4.69, 9.17) is 29.3 Å². The summed E-state index contributed by atoms with van der Waals surface area (Å²) in [6.07, 6.45) is 0. The first-order valence-corrected chi connectivity index (χ1v) is 11.1. The Hall–Kier alpha value is -3.15. The topological polar surface area (TPSA) is 134 Å². The molecule has 2 N–H and O–H groups in total. The SMILES string of the molecule is COc1ccc(OC)c(CN2CCN(S(=O)(=O)c3ccccc3)CC2)c1.O=C(O)C(=O)O. The van der Waals surface area contributed by atoms with Gasteiger partial charge in [0, 0.05) is 38.3 Å². The summed E-state index contributed by atoms with van der Waals surface area (Å²) in [5, 5.41) is 14.8. The van der Waals surface area contributed by atoms with E-state index in [1.807, 2.05) is 24.3 Å². The van der Waals surface area contributed by atoms with Gasteiger partial charge in [-0.05, 0) is 30.3 Å². The predicted molar refractivity (Wildman–Crippen MR) is 115 cm³/mol. The van der Waals surface area contributed by atoms with E-state index in [0.29, 0.717) is 37.6 Å². The molecule has 0 unspecified atom stereocenters. The monoisotopic (exact) mass is 466 g/mol. The van der Waals surface area contributed by atoms with Crippen LogP contribution in [0, 0.1) is 0 Å². The highest BCUT2D eigenvalue weighted by Crippen LogP contribution is 2.26. The molecule has 0 atom stereocenters. The number of hydrogen-bond acceptors (Lipinski definition) is 7. The number of carbonyl (C=O) groups is 2. The van der Waals surface area contributed by atoms with Gasteiger partial charge in [0.15, 0.2) is 0 Å². The van der Waals surface area contributed by atoms with Gasteiger partial charge in [-0.3, -0.25) is 4.90 Å². The maximum absolute atomic E-state index is 12.7. The number of nitrogens with zero attached hydrogens (tertiary/aromatic N) is 2. The molecule has 0 radical (unpaired) electrons. The highest BCUT2D eigenvalue weighted by atomic mass is 32.2. The second kappa shape index (κ2) is 11.5. The maximum atomic E-state index is 12.7. The van der Waals surface area contributed by atoms with E-state index in [1.165, 1.54) is 0 Å². The summed E-state index contributed by atoms with van der Waals surface area (Å²) in [4.78, 5) is 20.8. The number of sulfonamides is 1. The van der Waals surface area contributed by atoms with Crippen LogP contribution in [0.4, 0.5) is 0 Å². The summed E-state index contributed by atoms with van der Waals surface area (Å²) in [5.41, 5.74) is 1.03. The van der Waals surface area contributed by atoms with Gasteiger partial charge in [0.05, 0.1) is 19.1 Å². The summed E-state index contributed by atoms with van der Waals surface area (Å²) in [5.74, 6) is -2.05. The van der Waals surface area contributed by atoms with E-state index in [2.05, 4.69) is 4.90 Å². The average molecular weight is 467 g/mol. The predicted octanol–water partition coefficient (Wildman–Crippen LogP) is 1.37. The molecule has 2 aromatic carbocycles. The zero-order valence-electron chi connectivity index (χ0n) is 17.8. The van der Waals surface area contributed by atoms with Crippen molar-refractivity contribution < 1.29 is 37.7 Å². The van der Waals surface area contributed by atoms with Crippen LogP contribution in [-0.4, -0.2) is 80.2 Å². The molecule has 32 heavy (non-hydrogen) atoms. The number of benzene rings is 2. The normalized spacial score (nSPS) is 14.7. The van der Waals surface area contributed by atoms with E-state index in [0.717, 1.165) is 17.1 Å². The fourth-order valence-electron chi connectivity index (χ4n) is 3.12. The fourth-order valence-corrected chi connectivity index (χ4v) is 4.56. The van der Waals surface area contributed by atoms with Crippen LogP contribution in [0.5, 0.6) is 11.5 Å². The Bertz CT molecular complexity index is 1010. The van der Waals surface area contributed by atoms with Crippen molar-refractivity contribution in [1.82, 2.24) is 9.21 Å². The number of aliphatic carboxylic acids is 2. The summed E-state index contributed by atoms with van der Waals surface area (Å²) < 4.78 is 37.7. The molecule has 0 aliphatic carbocycles. The molecule has 1 aliphatic rings. The Morgan fingerprint density at radius 3 is 2.00 bits per heavy atom. The van der Waals surface area contributed by atoms with Crippen LogP contribution in [0.3, 0.4) is 0 Å². The maximum Gasteiger partial charge on any atom is 0.414 e. The van der Waals surface area contributed by atoms with Crippen LogP contribution >= 0.6 is 0 Å². The zero-order chi connectivity index (χ0) is 23.7. The highest BCUT2D eigenvalue weighted by Gasteiger charge is 2.28. The molecular formula is C21H26N2O8S. The Kier molecular flexibility index (Phi) is 9.00. The number of piperazine rings is 1. The first kappa shape index (κ1) is 25.1. The largest absolute Gasteiger partial charge is 0.497 e. The van der Waals surface area contributed by atoms with Crippen LogP contribution < -0.4 is 9.47 Å². The van der Waals surface area contributed by atoms with Gasteiger partial charge in [-0.25, -0.2) is 18.0 Å². The van der Waals surface area contributed by atoms with Crippen LogP contribution in [0.2, 0.25) is 0 Å². The zero-order valence-corrected chi connectivity index (χ0v) is 18.6. The number of methoxy groups -OCH3 is 2. The number of ether oxygens (including phenoxy) is 2. The third-order valence-corrected chi connectivity index (χ3v) is 6.69. The molecule has 0 amide bonds. The summed E-state index contributed by atoms with van der Waals surface area (Å²) in [6, 6.07) is 14.3.